The normalized spacial score (nSPS) is 15.5. The third-order valence-corrected chi connectivity index (χ3v) is 4.52. The van der Waals surface area contributed by atoms with Crippen molar-refractivity contribution in [3.63, 3.8) is 0 Å². The largest absolute Gasteiger partial charge is 0.458 e. The molecule has 0 aromatic heterocycles. The molecule has 0 radical (unpaired) electrons. The van der Waals surface area contributed by atoms with Crippen LogP contribution in [0.3, 0.4) is 0 Å². The van der Waals surface area contributed by atoms with Crippen LogP contribution in [0.15, 0.2) is 30.3 Å². The van der Waals surface area contributed by atoms with Crippen LogP contribution in [-0.2, 0) is 44.8 Å². The van der Waals surface area contributed by atoms with E-state index in [1.165, 1.54) is 34.6 Å². The maximum absolute atomic E-state index is 12.5. The summed E-state index contributed by atoms with van der Waals surface area (Å²) in [4.78, 5) is 60.5. The third kappa shape index (κ3) is 7.93. The number of aliphatic hydroxyl groups is 1. The minimum Gasteiger partial charge on any atom is -0.458 e. The zero-order chi connectivity index (χ0) is 23.7. The summed E-state index contributed by atoms with van der Waals surface area (Å²) in [6.45, 7) is 6.29. The lowest BCUT2D eigenvalue weighted by atomic mass is 9.90. The van der Waals surface area contributed by atoms with E-state index in [4.69, 9.17) is 19.3 Å². The summed E-state index contributed by atoms with van der Waals surface area (Å²) in [5.74, 6) is -6.84. The molecule has 0 unspecified atom stereocenters. The van der Waals surface area contributed by atoms with Crippen LogP contribution in [0.4, 0.5) is 0 Å². The Hall–Kier alpha value is -3.07. The summed E-state index contributed by atoms with van der Waals surface area (Å²) < 4.78 is 14.9. The van der Waals surface area contributed by atoms with Crippen LogP contribution >= 0.6 is 0 Å². The van der Waals surface area contributed by atoms with Gasteiger partial charge in [-0.1, -0.05) is 30.3 Å². The van der Waals surface area contributed by atoms with Crippen molar-refractivity contribution in [2.24, 2.45) is 11.8 Å². The average molecular weight is 436 g/mol. The second kappa shape index (κ2) is 11.9. The molecule has 1 rings (SSSR count). The van der Waals surface area contributed by atoms with Gasteiger partial charge in [0.2, 0.25) is 0 Å². The lowest BCUT2D eigenvalue weighted by Crippen LogP contribution is -2.39. The maximum atomic E-state index is 12.5. The van der Waals surface area contributed by atoms with Crippen LogP contribution in [0.1, 0.15) is 40.2 Å². The van der Waals surface area contributed by atoms with Crippen molar-refractivity contribution in [2.75, 3.05) is 0 Å². The van der Waals surface area contributed by atoms with E-state index in [9.17, 15) is 24.0 Å². The lowest BCUT2D eigenvalue weighted by molar-refractivity contribution is -0.171. The molecule has 0 fully saturated rings. The molecule has 0 spiro atoms. The zero-order valence-corrected chi connectivity index (χ0v) is 18.2. The Morgan fingerprint density at radius 2 is 1.29 bits per heavy atom. The van der Waals surface area contributed by atoms with Crippen LogP contribution in [0.25, 0.3) is 0 Å². The van der Waals surface area contributed by atoms with Gasteiger partial charge in [-0.2, -0.15) is 0 Å². The number of rotatable bonds is 11. The molecule has 0 saturated carbocycles. The highest BCUT2D eigenvalue weighted by molar-refractivity contribution is 6.11. The van der Waals surface area contributed by atoms with Gasteiger partial charge in [0, 0.05) is 0 Å². The fourth-order valence-electron chi connectivity index (χ4n) is 2.48. The zero-order valence-electron chi connectivity index (χ0n) is 18.2. The quantitative estimate of drug-likeness (QED) is 0.310. The van der Waals surface area contributed by atoms with Crippen LogP contribution < -0.4 is 0 Å². The number of carbonyl (C=O) groups is 5. The Morgan fingerprint density at radius 1 is 0.742 bits per heavy atom. The first-order valence-corrected chi connectivity index (χ1v) is 9.82. The summed E-state index contributed by atoms with van der Waals surface area (Å²) >= 11 is 0. The topological polar surface area (TPSA) is 133 Å². The van der Waals surface area contributed by atoms with Gasteiger partial charge < -0.3 is 19.3 Å². The van der Waals surface area contributed by atoms with E-state index in [-0.39, 0.29) is 6.61 Å². The first-order chi connectivity index (χ1) is 14.5. The van der Waals surface area contributed by atoms with Crippen LogP contribution in [0.5, 0.6) is 0 Å². The van der Waals surface area contributed by atoms with Crippen molar-refractivity contribution in [1.82, 2.24) is 0 Å². The molecule has 0 aliphatic heterocycles. The van der Waals surface area contributed by atoms with Gasteiger partial charge in [0.05, 0.1) is 5.92 Å². The molecule has 0 aliphatic carbocycles. The minimum atomic E-state index is -1.42. The number of benzene rings is 1. The van der Waals surface area contributed by atoms with E-state index in [1.807, 2.05) is 6.07 Å². The van der Waals surface area contributed by atoms with Gasteiger partial charge in [-0.3, -0.25) is 14.4 Å². The van der Waals surface area contributed by atoms with Crippen molar-refractivity contribution >= 4 is 29.5 Å². The molecular formula is C22H28O9. The average Bonchev–Trinajstić information content (AvgIpc) is 2.75. The van der Waals surface area contributed by atoms with Crippen molar-refractivity contribution < 1.29 is 43.3 Å². The van der Waals surface area contributed by atoms with Crippen LogP contribution in [0, 0.1) is 11.8 Å². The van der Waals surface area contributed by atoms with Gasteiger partial charge in [-0.25, -0.2) is 9.59 Å². The van der Waals surface area contributed by atoms with Gasteiger partial charge in [0.1, 0.15) is 18.6 Å². The second-order valence-corrected chi connectivity index (χ2v) is 7.18. The number of aliphatic hydroxyl groups excluding tert-OH is 1. The molecule has 1 N–H and O–H groups in total. The summed E-state index contributed by atoms with van der Waals surface area (Å²) in [6.07, 6.45) is -3.95. The van der Waals surface area contributed by atoms with Gasteiger partial charge in [-0.15, -0.1) is 0 Å². The Labute approximate surface area is 180 Å². The van der Waals surface area contributed by atoms with Crippen molar-refractivity contribution in [3.05, 3.63) is 35.9 Å². The third-order valence-electron chi connectivity index (χ3n) is 4.52. The molecule has 0 amide bonds. The SMILES string of the molecule is C[C@H](C(=O)O[C@@H](C)C(=O)OCc1ccccc1)C(=O)[C@H](C)C(=O)[C@H](C)OC(=O)[C@H](C)O. The van der Waals surface area contributed by atoms with E-state index in [0.29, 0.717) is 0 Å². The molecule has 9 heteroatoms. The fourth-order valence-corrected chi connectivity index (χ4v) is 2.48. The Bertz CT molecular complexity index is 800. The molecule has 1 aromatic rings. The van der Waals surface area contributed by atoms with Gasteiger partial charge in [0.25, 0.3) is 0 Å². The monoisotopic (exact) mass is 436 g/mol. The number of hydrogen-bond donors (Lipinski definition) is 1. The molecule has 0 bridgehead atoms. The molecule has 5 atom stereocenters. The number of ketones is 2. The van der Waals surface area contributed by atoms with Gasteiger partial charge in [-0.05, 0) is 40.2 Å². The van der Waals surface area contributed by atoms with Gasteiger partial charge in [0.15, 0.2) is 23.8 Å². The number of carbonyl (C=O) groups excluding carboxylic acids is 5. The smallest absolute Gasteiger partial charge is 0.347 e. The molecule has 0 aliphatic rings. The predicted molar refractivity (Wildman–Crippen MR) is 107 cm³/mol. The molecule has 0 heterocycles. The standard InChI is InChI=1S/C22H28O9/c1-12(19(25)15(4)30-21(27)14(3)23)18(24)13(2)20(26)31-16(5)22(28)29-11-17-9-7-6-8-10-17/h6-10,12-16,23H,11H2,1-5H3/t12-,13-,14-,15-,16-/m0/s1. The summed E-state index contributed by atoms with van der Waals surface area (Å²) in [7, 11) is 0. The Balaban J connectivity index is 2.59. The molecule has 1 aromatic carbocycles. The second-order valence-electron chi connectivity index (χ2n) is 7.18. The summed E-state index contributed by atoms with van der Waals surface area (Å²) in [5, 5.41) is 9.14. The number of esters is 3. The first-order valence-electron chi connectivity index (χ1n) is 9.82. The Morgan fingerprint density at radius 3 is 1.84 bits per heavy atom. The van der Waals surface area contributed by atoms with Crippen LogP contribution in [0.2, 0.25) is 0 Å². The van der Waals surface area contributed by atoms with Crippen molar-refractivity contribution in [2.45, 2.75) is 59.5 Å². The van der Waals surface area contributed by atoms with Crippen LogP contribution in [-0.4, -0.2) is 52.9 Å². The van der Waals surface area contributed by atoms with Crippen molar-refractivity contribution in [3.8, 4) is 0 Å². The number of hydrogen-bond acceptors (Lipinski definition) is 9. The van der Waals surface area contributed by atoms with E-state index >= 15 is 0 Å². The van der Waals surface area contributed by atoms with Crippen molar-refractivity contribution in [1.29, 1.82) is 0 Å². The Kier molecular flexibility index (Phi) is 10.0. The highest BCUT2D eigenvalue weighted by atomic mass is 16.6. The van der Waals surface area contributed by atoms with E-state index < -0.39 is 59.6 Å². The maximum Gasteiger partial charge on any atom is 0.347 e. The molecule has 31 heavy (non-hydrogen) atoms. The highest BCUT2D eigenvalue weighted by Gasteiger charge is 2.36. The minimum absolute atomic E-state index is 0.00461. The predicted octanol–water partition coefficient (Wildman–Crippen LogP) is 1.38. The van der Waals surface area contributed by atoms with E-state index in [0.717, 1.165) is 5.56 Å². The van der Waals surface area contributed by atoms with Gasteiger partial charge >= 0.3 is 17.9 Å². The summed E-state index contributed by atoms with van der Waals surface area (Å²) in [5.41, 5.74) is 0.760. The molecular weight excluding hydrogens is 408 g/mol. The lowest BCUT2D eigenvalue weighted by Gasteiger charge is -2.20. The van der Waals surface area contributed by atoms with E-state index in [1.54, 1.807) is 24.3 Å². The first kappa shape index (κ1) is 26.0. The van der Waals surface area contributed by atoms with E-state index in [2.05, 4.69) is 0 Å². The molecule has 170 valence electrons. The summed E-state index contributed by atoms with van der Waals surface area (Å²) in [6, 6.07) is 8.92. The highest BCUT2D eigenvalue weighted by Crippen LogP contribution is 2.15. The fraction of sp³-hybridized carbons (Fsp3) is 0.500. The molecule has 9 nitrogen and oxygen atoms in total. The number of ether oxygens (including phenoxy) is 3. The number of Topliss-reactive ketones (excluding diaryl/α,β-unsaturated/α-hetero) is 2. The molecule has 0 saturated heterocycles.